The minimum absolute atomic E-state index is 0.309. The third-order valence-corrected chi connectivity index (χ3v) is 6.43. The first-order chi connectivity index (χ1) is 11.6. The molecule has 4 aliphatic rings. The van der Waals surface area contributed by atoms with Crippen molar-refractivity contribution in [2.75, 3.05) is 19.8 Å². The van der Waals surface area contributed by atoms with Crippen molar-refractivity contribution in [3.8, 4) is 0 Å². The van der Waals surface area contributed by atoms with Crippen LogP contribution in [0.2, 0.25) is 0 Å². The van der Waals surface area contributed by atoms with Crippen molar-refractivity contribution in [3.05, 3.63) is 0 Å². The molecule has 4 rings (SSSR count). The van der Waals surface area contributed by atoms with Crippen LogP contribution in [0.15, 0.2) is 0 Å². The second-order valence-corrected chi connectivity index (χ2v) is 10.4. The summed E-state index contributed by atoms with van der Waals surface area (Å²) in [6.45, 7) is 18.9. The molecule has 0 amide bonds. The second-order valence-electron chi connectivity index (χ2n) is 10.4. The molecule has 0 aromatic carbocycles. The van der Waals surface area contributed by atoms with Gasteiger partial charge in [0.1, 0.15) is 0 Å². The maximum Gasteiger partial charge on any atom is 0.0703 e. The normalized spacial score (nSPS) is 39.2. The van der Waals surface area contributed by atoms with E-state index in [-0.39, 0.29) is 0 Å². The Morgan fingerprint density at radius 2 is 1.16 bits per heavy atom. The molecule has 25 heavy (non-hydrogen) atoms. The molecule has 4 saturated heterocycles. The zero-order chi connectivity index (χ0) is 18.4. The summed E-state index contributed by atoms with van der Waals surface area (Å²) < 4.78 is 11.3. The van der Waals surface area contributed by atoms with Crippen LogP contribution < -0.4 is 0 Å². The van der Waals surface area contributed by atoms with E-state index in [2.05, 4.69) is 58.3 Å². The quantitative estimate of drug-likeness (QED) is 0.664. The average molecular weight is 353 g/mol. The molecule has 4 bridgehead atoms. The Labute approximate surface area is 155 Å². The Balaban J connectivity index is 0.000000146. The zero-order valence-electron chi connectivity index (χ0n) is 17.5. The van der Waals surface area contributed by atoms with Crippen LogP contribution in [-0.4, -0.2) is 71.0 Å². The Kier molecular flexibility index (Phi) is 5.57. The van der Waals surface area contributed by atoms with Crippen LogP contribution >= 0.6 is 0 Å². The Morgan fingerprint density at radius 1 is 0.680 bits per heavy atom. The zero-order valence-corrected chi connectivity index (χ0v) is 17.5. The van der Waals surface area contributed by atoms with Crippen LogP contribution in [0.4, 0.5) is 0 Å². The first-order valence-electron chi connectivity index (χ1n) is 10.4. The Bertz CT molecular complexity index is 438. The number of fused-ring (bicyclic) bond motifs is 4. The highest BCUT2D eigenvalue weighted by Crippen LogP contribution is 2.37. The summed E-state index contributed by atoms with van der Waals surface area (Å²) >= 11 is 0. The average Bonchev–Trinajstić information content (AvgIpc) is 2.99. The monoisotopic (exact) mass is 352 g/mol. The van der Waals surface area contributed by atoms with E-state index in [1.165, 1.54) is 25.7 Å². The highest BCUT2D eigenvalue weighted by atomic mass is 16.5. The molecule has 0 aromatic rings. The molecule has 4 heteroatoms. The lowest BCUT2D eigenvalue weighted by Crippen LogP contribution is -2.57. The number of morpholine rings is 2. The number of hydrogen-bond donors (Lipinski definition) is 0. The van der Waals surface area contributed by atoms with Crippen LogP contribution in [-0.2, 0) is 9.47 Å². The van der Waals surface area contributed by atoms with E-state index < -0.39 is 0 Å². The van der Waals surface area contributed by atoms with Crippen LogP contribution in [0.25, 0.3) is 0 Å². The molecule has 0 N–H and O–H groups in total. The van der Waals surface area contributed by atoms with Crippen molar-refractivity contribution in [1.29, 1.82) is 0 Å². The van der Waals surface area contributed by atoms with E-state index in [1.54, 1.807) is 0 Å². The fourth-order valence-electron chi connectivity index (χ4n) is 5.68. The minimum atomic E-state index is 0.309. The summed E-state index contributed by atoms with van der Waals surface area (Å²) in [6, 6.07) is 2.74. The molecule has 4 fully saturated rings. The highest BCUT2D eigenvalue weighted by molar-refractivity contribution is 5.00. The van der Waals surface area contributed by atoms with Gasteiger partial charge in [-0.1, -0.05) is 0 Å². The van der Waals surface area contributed by atoms with Gasteiger partial charge in [-0.25, -0.2) is 0 Å². The predicted molar refractivity (Wildman–Crippen MR) is 103 cm³/mol. The molecule has 0 radical (unpaired) electrons. The molecule has 4 nitrogen and oxygen atoms in total. The second kappa shape index (κ2) is 7.10. The topological polar surface area (TPSA) is 24.9 Å². The maximum absolute atomic E-state index is 5.75. The van der Waals surface area contributed by atoms with Gasteiger partial charge in [0.2, 0.25) is 0 Å². The van der Waals surface area contributed by atoms with E-state index >= 15 is 0 Å². The van der Waals surface area contributed by atoms with Crippen molar-refractivity contribution in [1.82, 2.24) is 9.80 Å². The summed E-state index contributed by atoms with van der Waals surface area (Å²) in [5.74, 6) is 0. The third-order valence-electron chi connectivity index (χ3n) is 6.43. The summed E-state index contributed by atoms with van der Waals surface area (Å²) in [6.07, 6.45) is 5.75. The van der Waals surface area contributed by atoms with Crippen molar-refractivity contribution >= 4 is 0 Å². The smallest absolute Gasteiger partial charge is 0.0703 e. The first-order valence-corrected chi connectivity index (χ1v) is 10.4. The highest BCUT2D eigenvalue weighted by Gasteiger charge is 2.46. The maximum atomic E-state index is 5.75. The van der Waals surface area contributed by atoms with Gasteiger partial charge < -0.3 is 9.47 Å². The standard InChI is InChI=1S/C11H21NO.C10H19NO/c1-8-10-6-5-9(7-13-8)12(10)11(2,3)4;1-10(2,3)11-8-4-5-9(11)7-12-6-8/h8-10H,5-7H2,1-4H3;8-9H,4-7H2,1-3H3. The van der Waals surface area contributed by atoms with Gasteiger partial charge in [-0.15, -0.1) is 0 Å². The van der Waals surface area contributed by atoms with Gasteiger partial charge in [0.25, 0.3) is 0 Å². The molecule has 5 unspecified atom stereocenters. The van der Waals surface area contributed by atoms with E-state index in [4.69, 9.17) is 9.47 Å². The van der Waals surface area contributed by atoms with Gasteiger partial charge in [-0.3, -0.25) is 9.80 Å². The summed E-state index contributed by atoms with van der Waals surface area (Å²) in [7, 11) is 0. The summed E-state index contributed by atoms with van der Waals surface area (Å²) in [5, 5.41) is 0. The lowest BCUT2D eigenvalue weighted by Gasteiger charge is -2.46. The van der Waals surface area contributed by atoms with Crippen LogP contribution in [0, 0.1) is 0 Å². The van der Waals surface area contributed by atoms with E-state index in [0.717, 1.165) is 19.8 Å². The summed E-state index contributed by atoms with van der Waals surface area (Å²) in [4.78, 5) is 5.32. The van der Waals surface area contributed by atoms with Crippen LogP contribution in [0.5, 0.6) is 0 Å². The summed E-state index contributed by atoms with van der Waals surface area (Å²) in [5.41, 5.74) is 0.638. The van der Waals surface area contributed by atoms with Crippen molar-refractivity contribution in [2.45, 2.75) is 115 Å². The molecule has 5 atom stereocenters. The molecule has 0 spiro atoms. The van der Waals surface area contributed by atoms with Gasteiger partial charge in [-0.05, 0) is 74.1 Å². The van der Waals surface area contributed by atoms with Crippen molar-refractivity contribution in [3.63, 3.8) is 0 Å². The Morgan fingerprint density at radius 3 is 1.60 bits per heavy atom. The number of nitrogens with zero attached hydrogens (tertiary/aromatic N) is 2. The van der Waals surface area contributed by atoms with Crippen molar-refractivity contribution in [2.24, 2.45) is 0 Å². The third kappa shape index (κ3) is 4.07. The number of rotatable bonds is 0. The largest absolute Gasteiger partial charge is 0.378 e. The number of hydrogen-bond acceptors (Lipinski definition) is 4. The molecule has 0 aromatic heterocycles. The van der Waals surface area contributed by atoms with Crippen LogP contribution in [0.1, 0.15) is 74.1 Å². The minimum Gasteiger partial charge on any atom is -0.378 e. The number of ether oxygens (including phenoxy) is 2. The fourth-order valence-corrected chi connectivity index (χ4v) is 5.68. The van der Waals surface area contributed by atoms with Gasteiger partial charge >= 0.3 is 0 Å². The van der Waals surface area contributed by atoms with Gasteiger partial charge in [-0.2, -0.15) is 0 Å². The molecule has 146 valence electrons. The molecular weight excluding hydrogens is 312 g/mol. The van der Waals surface area contributed by atoms with Gasteiger partial charge in [0.15, 0.2) is 0 Å². The van der Waals surface area contributed by atoms with Gasteiger partial charge in [0, 0.05) is 35.2 Å². The molecule has 0 saturated carbocycles. The molecule has 0 aliphatic carbocycles. The molecule has 4 heterocycles. The van der Waals surface area contributed by atoms with Crippen LogP contribution in [0.3, 0.4) is 0 Å². The lowest BCUT2D eigenvalue weighted by atomic mass is 10.00. The molecule has 4 aliphatic heterocycles. The van der Waals surface area contributed by atoms with E-state index in [9.17, 15) is 0 Å². The van der Waals surface area contributed by atoms with Gasteiger partial charge in [0.05, 0.1) is 25.9 Å². The molecular formula is C21H40N2O2. The fraction of sp³-hybridized carbons (Fsp3) is 1.00. The van der Waals surface area contributed by atoms with Crippen molar-refractivity contribution < 1.29 is 9.47 Å². The first kappa shape index (κ1) is 19.6. The Hall–Kier alpha value is -0.160. The van der Waals surface area contributed by atoms with E-state index in [0.29, 0.717) is 41.3 Å². The SMILES string of the molecule is CC(C)(C)N1C2CCC1COC2.CC1OCC2CCC1N2C(C)(C)C. The van der Waals surface area contributed by atoms with E-state index in [1.807, 2.05) is 0 Å². The lowest BCUT2D eigenvalue weighted by molar-refractivity contribution is -0.0980. The predicted octanol–water partition coefficient (Wildman–Crippen LogP) is 3.68.